The van der Waals surface area contributed by atoms with E-state index in [9.17, 15) is 14.4 Å². The standard InChI is InChI=1S/C15H13ClN4O4/c16-14-10(19-7-2-1-3-11(19)18-14)4-5-13(22)24-9-12(21)20-8-6-17-15(20)23/h1-5,7H,6,8-9H2,(H,17,23)/b5-4+. The van der Waals surface area contributed by atoms with Gasteiger partial charge in [-0.1, -0.05) is 17.7 Å². The zero-order valence-corrected chi connectivity index (χ0v) is 13.2. The molecule has 8 nitrogen and oxygen atoms in total. The van der Waals surface area contributed by atoms with E-state index in [2.05, 4.69) is 10.3 Å². The Hall–Kier alpha value is -2.87. The van der Waals surface area contributed by atoms with Crippen LogP contribution >= 0.6 is 11.6 Å². The van der Waals surface area contributed by atoms with Crippen molar-refractivity contribution >= 4 is 41.2 Å². The number of fused-ring (bicyclic) bond motifs is 1. The second-order valence-electron chi connectivity index (χ2n) is 4.94. The van der Waals surface area contributed by atoms with Crippen LogP contribution in [0.1, 0.15) is 5.69 Å². The van der Waals surface area contributed by atoms with E-state index in [1.165, 1.54) is 6.08 Å². The normalized spacial score (nSPS) is 14.4. The Morgan fingerprint density at radius 2 is 2.25 bits per heavy atom. The van der Waals surface area contributed by atoms with Gasteiger partial charge in [-0.25, -0.2) is 14.6 Å². The van der Waals surface area contributed by atoms with Crippen molar-refractivity contribution in [3.8, 4) is 0 Å². The summed E-state index contributed by atoms with van der Waals surface area (Å²) < 4.78 is 6.56. The summed E-state index contributed by atoms with van der Waals surface area (Å²) in [6.45, 7) is 0.158. The number of pyridine rings is 1. The molecule has 0 spiro atoms. The lowest BCUT2D eigenvalue weighted by Crippen LogP contribution is -2.37. The molecule has 0 bridgehead atoms. The molecule has 1 saturated heterocycles. The van der Waals surface area contributed by atoms with Gasteiger partial charge in [0.2, 0.25) is 0 Å². The third-order valence-corrected chi connectivity index (χ3v) is 3.67. The van der Waals surface area contributed by atoms with Crippen LogP contribution in [0, 0.1) is 0 Å². The maximum absolute atomic E-state index is 11.8. The predicted molar refractivity (Wildman–Crippen MR) is 85.3 cm³/mol. The van der Waals surface area contributed by atoms with Gasteiger partial charge >= 0.3 is 12.0 Å². The lowest BCUT2D eigenvalue weighted by atomic mass is 10.4. The van der Waals surface area contributed by atoms with Crippen LogP contribution in [0.4, 0.5) is 4.79 Å². The van der Waals surface area contributed by atoms with E-state index in [1.54, 1.807) is 22.7 Å². The van der Waals surface area contributed by atoms with Crippen molar-refractivity contribution in [1.29, 1.82) is 0 Å². The number of hydrogen-bond acceptors (Lipinski definition) is 5. The van der Waals surface area contributed by atoms with Crippen molar-refractivity contribution in [2.24, 2.45) is 0 Å². The minimum Gasteiger partial charge on any atom is -0.452 e. The number of ether oxygens (including phenoxy) is 1. The number of esters is 1. The topological polar surface area (TPSA) is 93.0 Å². The van der Waals surface area contributed by atoms with Crippen LogP contribution in [0.25, 0.3) is 11.7 Å². The van der Waals surface area contributed by atoms with Crippen LogP contribution < -0.4 is 5.32 Å². The second kappa shape index (κ2) is 6.71. The lowest BCUT2D eigenvalue weighted by Gasteiger charge is -2.11. The minimum atomic E-state index is -0.718. The average Bonchev–Trinajstić information content (AvgIpc) is 3.13. The van der Waals surface area contributed by atoms with Crippen molar-refractivity contribution in [1.82, 2.24) is 19.6 Å². The van der Waals surface area contributed by atoms with Crippen LogP contribution in [0.3, 0.4) is 0 Å². The first kappa shape index (κ1) is 16.0. The number of aromatic nitrogens is 2. The summed E-state index contributed by atoms with van der Waals surface area (Å²) in [7, 11) is 0. The summed E-state index contributed by atoms with van der Waals surface area (Å²) >= 11 is 6.04. The highest BCUT2D eigenvalue weighted by Crippen LogP contribution is 2.18. The quantitative estimate of drug-likeness (QED) is 0.659. The summed E-state index contributed by atoms with van der Waals surface area (Å²) in [6, 6.07) is 4.92. The van der Waals surface area contributed by atoms with E-state index >= 15 is 0 Å². The highest BCUT2D eigenvalue weighted by atomic mass is 35.5. The van der Waals surface area contributed by atoms with E-state index in [4.69, 9.17) is 16.3 Å². The number of hydrogen-bond donors (Lipinski definition) is 1. The highest BCUT2D eigenvalue weighted by Gasteiger charge is 2.26. The molecule has 3 heterocycles. The van der Waals surface area contributed by atoms with Crippen molar-refractivity contribution in [2.45, 2.75) is 0 Å². The first-order chi connectivity index (χ1) is 11.6. The van der Waals surface area contributed by atoms with Crippen LogP contribution in [-0.2, 0) is 14.3 Å². The molecule has 3 amide bonds. The van der Waals surface area contributed by atoms with Gasteiger partial charge in [0.1, 0.15) is 5.65 Å². The first-order valence-corrected chi connectivity index (χ1v) is 7.49. The van der Waals surface area contributed by atoms with Crippen LogP contribution in [0.2, 0.25) is 5.15 Å². The number of urea groups is 1. The van der Waals surface area contributed by atoms with Gasteiger partial charge in [-0.3, -0.25) is 14.1 Å². The van der Waals surface area contributed by atoms with Gasteiger partial charge in [-0.05, 0) is 18.2 Å². The van der Waals surface area contributed by atoms with Gasteiger partial charge in [0, 0.05) is 25.4 Å². The van der Waals surface area contributed by atoms with E-state index in [0.29, 0.717) is 17.9 Å². The van der Waals surface area contributed by atoms with E-state index in [1.807, 2.05) is 6.07 Å². The maximum atomic E-state index is 11.8. The molecular formula is C15H13ClN4O4. The third kappa shape index (κ3) is 3.23. The molecule has 3 rings (SSSR count). The fourth-order valence-corrected chi connectivity index (χ4v) is 2.49. The molecule has 0 aliphatic carbocycles. The Morgan fingerprint density at radius 1 is 1.42 bits per heavy atom. The molecule has 9 heteroatoms. The molecule has 124 valence electrons. The van der Waals surface area contributed by atoms with Gasteiger partial charge in [0.25, 0.3) is 5.91 Å². The van der Waals surface area contributed by atoms with Crippen molar-refractivity contribution in [3.63, 3.8) is 0 Å². The summed E-state index contributed by atoms with van der Waals surface area (Å²) in [5.74, 6) is -1.29. The summed E-state index contributed by atoms with van der Waals surface area (Å²) in [5, 5.41) is 2.74. The second-order valence-corrected chi connectivity index (χ2v) is 5.29. The zero-order valence-electron chi connectivity index (χ0n) is 12.4. The van der Waals surface area contributed by atoms with E-state index < -0.39 is 24.5 Å². The Balaban J connectivity index is 1.62. The smallest absolute Gasteiger partial charge is 0.331 e. The van der Waals surface area contributed by atoms with Crippen molar-refractivity contribution < 1.29 is 19.1 Å². The molecule has 1 fully saturated rings. The monoisotopic (exact) mass is 348 g/mol. The van der Waals surface area contributed by atoms with Crippen LogP contribution in [0.5, 0.6) is 0 Å². The number of amides is 3. The van der Waals surface area contributed by atoms with Gasteiger partial charge < -0.3 is 10.1 Å². The number of nitrogens with one attached hydrogen (secondary N) is 1. The number of nitrogens with zero attached hydrogens (tertiary/aromatic N) is 3. The summed E-state index contributed by atoms with van der Waals surface area (Å²) in [5.41, 5.74) is 1.17. The lowest BCUT2D eigenvalue weighted by molar-refractivity contribution is -0.146. The largest absolute Gasteiger partial charge is 0.452 e. The molecular weight excluding hydrogens is 336 g/mol. The van der Waals surface area contributed by atoms with E-state index in [-0.39, 0.29) is 11.7 Å². The average molecular weight is 349 g/mol. The number of carbonyl (C=O) groups excluding carboxylic acids is 3. The Bertz CT molecular complexity index is 845. The molecule has 0 atom stereocenters. The molecule has 0 radical (unpaired) electrons. The van der Waals surface area contributed by atoms with Gasteiger partial charge in [0.05, 0.1) is 5.69 Å². The number of imidazole rings is 1. The molecule has 0 unspecified atom stereocenters. The fourth-order valence-electron chi connectivity index (χ4n) is 2.25. The van der Waals surface area contributed by atoms with Crippen LogP contribution in [-0.4, -0.2) is 51.9 Å². The van der Waals surface area contributed by atoms with Gasteiger partial charge in [0.15, 0.2) is 11.8 Å². The molecule has 2 aromatic rings. The van der Waals surface area contributed by atoms with Gasteiger partial charge in [-0.2, -0.15) is 0 Å². The molecule has 1 N–H and O–H groups in total. The Kier molecular flexibility index (Phi) is 4.48. The van der Waals surface area contributed by atoms with Crippen molar-refractivity contribution in [2.75, 3.05) is 19.7 Å². The Labute approximate surface area is 141 Å². The number of carbonyl (C=O) groups is 3. The summed E-state index contributed by atoms with van der Waals surface area (Å²) in [6.07, 6.45) is 4.37. The molecule has 24 heavy (non-hydrogen) atoms. The first-order valence-electron chi connectivity index (χ1n) is 7.12. The summed E-state index contributed by atoms with van der Waals surface area (Å²) in [4.78, 5) is 39.9. The predicted octanol–water partition coefficient (Wildman–Crippen LogP) is 1.10. The third-order valence-electron chi connectivity index (χ3n) is 3.40. The molecule has 2 aromatic heterocycles. The molecule has 0 saturated carbocycles. The number of rotatable bonds is 4. The number of imide groups is 1. The molecule has 1 aliphatic heterocycles. The van der Waals surface area contributed by atoms with Gasteiger partial charge in [-0.15, -0.1) is 0 Å². The fraction of sp³-hybridized carbons (Fsp3) is 0.200. The highest BCUT2D eigenvalue weighted by molar-refractivity contribution is 6.31. The maximum Gasteiger partial charge on any atom is 0.331 e. The van der Waals surface area contributed by atoms with E-state index in [0.717, 1.165) is 11.0 Å². The minimum absolute atomic E-state index is 0.245. The molecule has 1 aliphatic rings. The van der Waals surface area contributed by atoms with Crippen LogP contribution in [0.15, 0.2) is 30.5 Å². The van der Waals surface area contributed by atoms with Crippen molar-refractivity contribution in [3.05, 3.63) is 41.3 Å². The molecule has 0 aromatic carbocycles. The zero-order chi connectivity index (χ0) is 17.1. The number of halogens is 1. The Morgan fingerprint density at radius 3 is 3.00 bits per heavy atom. The SMILES string of the molecule is O=C(/C=C/c1c(Cl)nc2ccccn12)OCC(=O)N1CCNC1=O.